The molecular weight excluding hydrogens is 1140 g/mol. The summed E-state index contributed by atoms with van der Waals surface area (Å²) in [7, 11) is -19.1. The van der Waals surface area contributed by atoms with Crippen molar-refractivity contribution in [3.05, 3.63) is 169 Å². The van der Waals surface area contributed by atoms with Gasteiger partial charge in [0.15, 0.2) is 11.5 Å². The van der Waals surface area contributed by atoms with Crippen LogP contribution in [-0.4, -0.2) is 62.1 Å². The van der Waals surface area contributed by atoms with Gasteiger partial charge in [-0.2, -0.15) is 43.9 Å². The van der Waals surface area contributed by atoms with Gasteiger partial charge >= 0.3 is 0 Å². The third-order valence-electron chi connectivity index (χ3n) is 12.6. The molecule has 0 amide bonds. The number of phenols is 2. The molecule has 82 heavy (non-hydrogen) atoms. The van der Waals surface area contributed by atoms with Gasteiger partial charge in [-0.15, -0.1) is 30.7 Å². The Hall–Kier alpha value is -9.78. The van der Waals surface area contributed by atoms with Gasteiger partial charge in [-0.05, 0) is 125 Å². The number of nitrogens with zero attached hydrogens (tertiary/aromatic N) is 8. The van der Waals surface area contributed by atoms with Crippen molar-refractivity contribution >= 4 is 153 Å². The average molecular weight is 1180 g/mol. The molecular formula is C54H38N10O14S4. The van der Waals surface area contributed by atoms with Crippen LogP contribution >= 0.6 is 0 Å². The summed E-state index contributed by atoms with van der Waals surface area (Å²) in [4.78, 5) is -2.18. The van der Waals surface area contributed by atoms with Crippen molar-refractivity contribution < 1.29 is 62.1 Å². The fraction of sp³-hybridized carbons (Fsp3) is 0. The van der Waals surface area contributed by atoms with Crippen molar-refractivity contribution in [2.24, 2.45) is 40.9 Å². The number of rotatable bonds is 14. The molecule has 0 heterocycles. The molecule has 0 aliphatic heterocycles. The van der Waals surface area contributed by atoms with Crippen LogP contribution in [0.1, 0.15) is 11.1 Å². The molecule has 10 aromatic rings. The van der Waals surface area contributed by atoms with E-state index in [-0.39, 0.29) is 88.9 Å². The molecule has 0 aromatic heterocycles. The first-order chi connectivity index (χ1) is 38.8. The molecule has 0 saturated heterocycles. The molecule has 0 saturated carbocycles. The predicted molar refractivity (Wildman–Crippen MR) is 306 cm³/mol. The summed E-state index contributed by atoms with van der Waals surface area (Å²) in [5.41, 5.74) is 13.3. The lowest BCUT2D eigenvalue weighted by Crippen LogP contribution is -2.00. The Balaban J connectivity index is 0.879. The number of hydrogen-bond acceptors (Lipinski definition) is 20. The summed E-state index contributed by atoms with van der Waals surface area (Å²) in [6.07, 6.45) is 2.98. The minimum atomic E-state index is -5.13. The number of nitrogens with two attached hydrogens (primary N) is 2. The van der Waals surface area contributed by atoms with E-state index in [9.17, 15) is 62.1 Å². The molecule has 0 bridgehead atoms. The van der Waals surface area contributed by atoms with E-state index < -0.39 is 66.6 Å². The van der Waals surface area contributed by atoms with Gasteiger partial charge in [-0.3, -0.25) is 18.2 Å². The fourth-order valence-corrected chi connectivity index (χ4v) is 11.0. The van der Waals surface area contributed by atoms with Gasteiger partial charge in [0.1, 0.15) is 21.2 Å². The van der Waals surface area contributed by atoms with E-state index in [1.54, 1.807) is 66.7 Å². The third-order valence-corrected chi connectivity index (χ3v) is 16.1. The Morgan fingerprint density at radius 1 is 0.366 bits per heavy atom. The van der Waals surface area contributed by atoms with E-state index in [0.717, 1.165) is 18.2 Å². The number of nitrogen functional groups attached to an aromatic ring is 2. The minimum Gasteiger partial charge on any atom is -0.505 e. The number of aromatic hydroxyl groups is 2. The highest BCUT2D eigenvalue weighted by molar-refractivity contribution is 7.86. The van der Waals surface area contributed by atoms with Crippen LogP contribution in [0.15, 0.2) is 218 Å². The van der Waals surface area contributed by atoms with Crippen LogP contribution < -0.4 is 11.5 Å². The van der Waals surface area contributed by atoms with Crippen LogP contribution in [0.3, 0.4) is 0 Å². The number of phenolic OH excluding ortho intramolecular Hbond substituents is 2. The smallest absolute Gasteiger partial charge is 0.296 e. The van der Waals surface area contributed by atoms with Gasteiger partial charge in [0, 0.05) is 32.9 Å². The van der Waals surface area contributed by atoms with Crippen LogP contribution in [-0.2, 0) is 40.5 Å². The quantitative estimate of drug-likeness (QED) is 0.0217. The molecule has 0 fully saturated rings. The maximum absolute atomic E-state index is 12.8. The standard InChI is InChI=1S/C54H38N10O14S4/c55-41-20-23-45(37-19-22-47(53(65)50(37)41)63-61-43-5-1-3-30-12-17-35(26-38(30)43)79(67,68)69)59-58-34-16-11-32(48(25-34)81(73,74)75)10-7-29-8-14-33(15-9-29)57-60-46-24-21-42(56)51-40(46)28-49(82(76,77)78)52(54(51)66)64-62-44-6-2-4-31-13-18-36(27-39(31)44)80(70,71)72/h1-28,65-66H,55-56H2,(H,67,68,69)(H,70,71,72)(H,73,74,75)(H,76,77,78)/b10-7+,59-58?,60-57?,63-61?,64-62?. The van der Waals surface area contributed by atoms with Crippen molar-refractivity contribution in [3.63, 3.8) is 0 Å². The molecule has 0 aliphatic carbocycles. The lowest BCUT2D eigenvalue weighted by molar-refractivity contribution is 0.472. The molecule has 412 valence electrons. The molecule has 0 spiro atoms. The van der Waals surface area contributed by atoms with E-state index in [4.69, 9.17) is 11.5 Å². The first kappa shape index (κ1) is 55.5. The summed E-state index contributed by atoms with van der Waals surface area (Å²) in [5.74, 6) is -1.17. The summed E-state index contributed by atoms with van der Waals surface area (Å²) in [6, 6.07) is 37.2. The number of benzene rings is 10. The molecule has 10 rings (SSSR count). The van der Waals surface area contributed by atoms with Crippen molar-refractivity contribution in [1.29, 1.82) is 0 Å². The number of fused-ring (bicyclic) bond motifs is 4. The molecule has 0 unspecified atom stereocenters. The van der Waals surface area contributed by atoms with Gasteiger partial charge < -0.3 is 21.7 Å². The largest absolute Gasteiger partial charge is 0.505 e. The second kappa shape index (κ2) is 21.4. The highest BCUT2D eigenvalue weighted by atomic mass is 32.2. The molecule has 28 heteroatoms. The Labute approximate surface area is 464 Å². The number of anilines is 2. The predicted octanol–water partition coefficient (Wildman–Crippen LogP) is 13.7. The van der Waals surface area contributed by atoms with Crippen LogP contribution in [0.25, 0.3) is 55.2 Å². The lowest BCUT2D eigenvalue weighted by Gasteiger charge is -2.12. The molecule has 0 radical (unpaired) electrons. The second-order valence-corrected chi connectivity index (χ2v) is 23.5. The van der Waals surface area contributed by atoms with Crippen molar-refractivity contribution in [2.45, 2.75) is 19.6 Å². The Morgan fingerprint density at radius 3 is 1.40 bits per heavy atom. The van der Waals surface area contributed by atoms with Crippen molar-refractivity contribution in [2.75, 3.05) is 11.5 Å². The molecule has 10 aromatic carbocycles. The zero-order valence-corrected chi connectivity index (χ0v) is 44.7. The van der Waals surface area contributed by atoms with Gasteiger partial charge in [0.05, 0.1) is 54.7 Å². The van der Waals surface area contributed by atoms with E-state index in [0.29, 0.717) is 27.1 Å². The summed E-state index contributed by atoms with van der Waals surface area (Å²) in [6.45, 7) is 0. The van der Waals surface area contributed by atoms with Crippen molar-refractivity contribution in [1.82, 2.24) is 0 Å². The van der Waals surface area contributed by atoms with Gasteiger partial charge in [0.25, 0.3) is 40.5 Å². The highest BCUT2D eigenvalue weighted by Crippen LogP contribution is 2.48. The average Bonchev–Trinajstić information content (AvgIpc) is 3.59. The number of hydrogen-bond donors (Lipinski definition) is 8. The topological polar surface area (TPSA) is 409 Å². The Morgan fingerprint density at radius 2 is 0.841 bits per heavy atom. The minimum absolute atomic E-state index is 0.00210. The first-order valence-electron chi connectivity index (χ1n) is 23.5. The summed E-state index contributed by atoms with van der Waals surface area (Å²) >= 11 is 0. The van der Waals surface area contributed by atoms with E-state index in [1.165, 1.54) is 84.9 Å². The van der Waals surface area contributed by atoms with Gasteiger partial charge in [-0.1, -0.05) is 66.7 Å². The Kier molecular flexibility index (Phi) is 14.5. The summed E-state index contributed by atoms with van der Waals surface area (Å²) < 4.78 is 138. The molecule has 0 atom stereocenters. The highest BCUT2D eigenvalue weighted by Gasteiger charge is 2.25. The molecule has 0 aliphatic rings. The van der Waals surface area contributed by atoms with Crippen molar-refractivity contribution in [3.8, 4) is 11.5 Å². The maximum Gasteiger partial charge on any atom is 0.296 e. The summed E-state index contributed by atoms with van der Waals surface area (Å²) in [5, 5.41) is 58.1. The number of azo groups is 4. The Bertz CT molecular complexity index is 4980. The maximum atomic E-state index is 12.8. The van der Waals surface area contributed by atoms with Crippen LogP contribution in [0.2, 0.25) is 0 Å². The van der Waals surface area contributed by atoms with E-state index >= 15 is 0 Å². The zero-order chi connectivity index (χ0) is 58.5. The third kappa shape index (κ3) is 11.5. The first-order valence-corrected chi connectivity index (χ1v) is 29.2. The van der Waals surface area contributed by atoms with Crippen LogP contribution in [0, 0.1) is 0 Å². The van der Waals surface area contributed by atoms with E-state index in [1.807, 2.05) is 0 Å². The zero-order valence-electron chi connectivity index (χ0n) is 41.5. The fourth-order valence-electron chi connectivity index (χ4n) is 8.63. The van der Waals surface area contributed by atoms with Gasteiger partial charge in [-0.25, -0.2) is 0 Å². The van der Waals surface area contributed by atoms with E-state index in [2.05, 4.69) is 40.9 Å². The molecule has 10 N–H and O–H groups in total. The van der Waals surface area contributed by atoms with Crippen LogP contribution in [0.5, 0.6) is 11.5 Å². The molecule has 24 nitrogen and oxygen atoms in total. The second-order valence-electron chi connectivity index (χ2n) is 17.9. The monoisotopic (exact) mass is 1180 g/mol. The SMILES string of the molecule is Nc1ccc(N=Nc2ccc(/C=C/c3ccc(N=Nc4ccc(N)c5c(O)c(N=Nc6cccc7ccc(S(=O)(=O)O)cc67)c(S(=O)(=O)O)cc45)cc3)c(S(=O)(=O)O)c2)c2ccc(N=Nc3cccc4ccc(S(=O)(=O)O)cc34)c(O)c12. The normalized spacial score (nSPS) is 13.0. The van der Waals surface area contributed by atoms with Crippen LogP contribution in [0.4, 0.5) is 56.9 Å². The lowest BCUT2D eigenvalue weighted by atomic mass is 10.0. The van der Waals surface area contributed by atoms with Gasteiger partial charge in [0.2, 0.25) is 0 Å².